The Balaban J connectivity index is 1.40. The van der Waals surface area contributed by atoms with Crippen LogP contribution in [0.3, 0.4) is 0 Å². The van der Waals surface area contributed by atoms with Gasteiger partial charge < -0.3 is 15.0 Å². The van der Waals surface area contributed by atoms with E-state index in [9.17, 15) is 8.78 Å². The lowest BCUT2D eigenvalue weighted by Gasteiger charge is -2.33. The fourth-order valence-electron chi connectivity index (χ4n) is 4.33. The van der Waals surface area contributed by atoms with Gasteiger partial charge in [0.25, 0.3) is 6.43 Å². The molecule has 0 radical (unpaired) electrons. The fourth-order valence-corrected chi connectivity index (χ4v) is 4.49. The van der Waals surface area contributed by atoms with E-state index in [1.54, 1.807) is 18.5 Å². The number of hydrogen-bond donors (Lipinski definition) is 1. The van der Waals surface area contributed by atoms with Crippen LogP contribution in [-0.2, 0) is 0 Å². The van der Waals surface area contributed by atoms with Crippen molar-refractivity contribution in [1.82, 2.24) is 19.8 Å². The number of nitrogens with zero attached hydrogens (tertiary/aromatic N) is 4. The van der Waals surface area contributed by atoms with Gasteiger partial charge in [-0.25, -0.2) is 13.8 Å². The molecule has 0 aliphatic carbocycles. The van der Waals surface area contributed by atoms with Crippen molar-refractivity contribution < 1.29 is 13.5 Å². The molecule has 174 valence electrons. The summed E-state index contributed by atoms with van der Waals surface area (Å²) in [6.45, 7) is 3.23. The summed E-state index contributed by atoms with van der Waals surface area (Å²) in [7, 11) is 2.13. The molecule has 0 bridgehead atoms. The van der Waals surface area contributed by atoms with E-state index in [4.69, 9.17) is 16.3 Å². The zero-order valence-corrected chi connectivity index (χ0v) is 19.1. The first-order valence-electron chi connectivity index (χ1n) is 11.2. The molecule has 6 nitrogen and oxygen atoms in total. The van der Waals surface area contributed by atoms with Crippen LogP contribution in [0.2, 0.25) is 5.15 Å². The molecule has 1 N–H and O–H groups in total. The van der Waals surface area contributed by atoms with Gasteiger partial charge in [-0.15, -0.1) is 0 Å². The molecule has 2 saturated heterocycles. The summed E-state index contributed by atoms with van der Waals surface area (Å²) in [5.41, 5.74) is 2.49. The first-order chi connectivity index (χ1) is 15.5. The molecule has 0 atom stereocenters. The van der Waals surface area contributed by atoms with Gasteiger partial charge in [-0.05, 0) is 50.9 Å². The van der Waals surface area contributed by atoms with Gasteiger partial charge in [0.15, 0.2) is 0 Å². The Morgan fingerprint density at radius 1 is 1.09 bits per heavy atom. The van der Waals surface area contributed by atoms with Crippen LogP contribution in [0.25, 0.3) is 11.3 Å². The Hall–Kier alpha value is -2.03. The number of aromatic nitrogens is 2. The number of anilines is 1. The van der Waals surface area contributed by atoms with Gasteiger partial charge in [0.1, 0.15) is 17.0 Å². The van der Waals surface area contributed by atoms with Crippen molar-refractivity contribution in [1.29, 1.82) is 0 Å². The van der Waals surface area contributed by atoms with Crippen LogP contribution in [0.5, 0.6) is 5.75 Å². The molecule has 0 unspecified atom stereocenters. The van der Waals surface area contributed by atoms with Crippen molar-refractivity contribution >= 4 is 17.3 Å². The fraction of sp³-hybridized carbons (Fsp3) is 0.565. The van der Waals surface area contributed by atoms with E-state index in [0.29, 0.717) is 18.2 Å². The number of ether oxygens (including phenoxy) is 1. The maximum Gasteiger partial charge on any atom is 0.251 e. The van der Waals surface area contributed by atoms with Crippen molar-refractivity contribution in [3.8, 4) is 17.0 Å². The molecule has 9 heteroatoms. The maximum atomic E-state index is 12.6. The summed E-state index contributed by atoms with van der Waals surface area (Å²) in [6, 6.07) is 5.87. The number of likely N-dealkylation sites (tertiary alicyclic amines) is 2. The highest BCUT2D eigenvalue weighted by molar-refractivity contribution is 6.29. The quantitative estimate of drug-likeness (QED) is 0.611. The van der Waals surface area contributed by atoms with E-state index >= 15 is 0 Å². The molecule has 2 aliphatic heterocycles. The number of rotatable bonds is 7. The molecule has 2 aliphatic rings. The zero-order chi connectivity index (χ0) is 22.5. The van der Waals surface area contributed by atoms with Gasteiger partial charge in [-0.2, -0.15) is 0 Å². The molecule has 32 heavy (non-hydrogen) atoms. The smallest absolute Gasteiger partial charge is 0.251 e. The van der Waals surface area contributed by atoms with E-state index in [1.165, 1.54) is 0 Å². The summed E-state index contributed by atoms with van der Waals surface area (Å²) >= 11 is 6.16. The van der Waals surface area contributed by atoms with Crippen molar-refractivity contribution in [2.45, 2.75) is 44.3 Å². The number of pyridine rings is 2. The highest BCUT2D eigenvalue weighted by atomic mass is 35.5. The van der Waals surface area contributed by atoms with Crippen molar-refractivity contribution in [3.63, 3.8) is 0 Å². The predicted molar refractivity (Wildman–Crippen MR) is 123 cm³/mol. The Bertz CT molecular complexity index is 869. The Kier molecular flexibility index (Phi) is 7.75. The van der Waals surface area contributed by atoms with E-state index in [1.807, 2.05) is 17.0 Å². The number of nitrogens with one attached hydrogen (secondary N) is 1. The molecular formula is C23H30ClF2N5O. The summed E-state index contributed by atoms with van der Waals surface area (Å²) < 4.78 is 31.4. The minimum absolute atomic E-state index is 0.158. The number of halogens is 3. The molecule has 4 heterocycles. The molecule has 0 spiro atoms. The Morgan fingerprint density at radius 3 is 2.50 bits per heavy atom. The van der Waals surface area contributed by atoms with Gasteiger partial charge in [-0.3, -0.25) is 9.88 Å². The topological polar surface area (TPSA) is 53.5 Å². The predicted octanol–water partition coefficient (Wildman–Crippen LogP) is 4.41. The largest absolute Gasteiger partial charge is 0.489 e. The third-order valence-electron chi connectivity index (χ3n) is 6.19. The van der Waals surface area contributed by atoms with E-state index in [-0.39, 0.29) is 18.7 Å². The lowest BCUT2D eigenvalue weighted by Crippen LogP contribution is -2.41. The van der Waals surface area contributed by atoms with Gasteiger partial charge in [0.2, 0.25) is 0 Å². The highest BCUT2D eigenvalue weighted by Gasteiger charge is 2.23. The van der Waals surface area contributed by atoms with Crippen LogP contribution in [-0.4, -0.2) is 78.1 Å². The summed E-state index contributed by atoms with van der Waals surface area (Å²) in [5.74, 6) is 0.770. The minimum atomic E-state index is -2.29. The van der Waals surface area contributed by atoms with Crippen molar-refractivity contribution in [2.24, 2.45) is 0 Å². The highest BCUT2D eigenvalue weighted by Crippen LogP contribution is 2.31. The van der Waals surface area contributed by atoms with Crippen LogP contribution >= 0.6 is 11.6 Å². The second kappa shape index (κ2) is 10.7. The van der Waals surface area contributed by atoms with E-state index in [0.717, 1.165) is 61.5 Å². The monoisotopic (exact) mass is 465 g/mol. The van der Waals surface area contributed by atoms with Crippen LogP contribution in [0, 0.1) is 0 Å². The van der Waals surface area contributed by atoms with E-state index < -0.39 is 6.43 Å². The molecule has 0 amide bonds. The third-order valence-corrected chi connectivity index (χ3v) is 6.40. The lowest BCUT2D eigenvalue weighted by molar-refractivity contribution is 0.0769. The van der Waals surface area contributed by atoms with Gasteiger partial charge in [0.05, 0.1) is 18.4 Å². The van der Waals surface area contributed by atoms with Crippen LogP contribution in [0.4, 0.5) is 14.5 Å². The SMILES string of the molecule is CN1CCC(Oc2ccc(-c3cnc(Cl)cc3NC3CCN(CC(F)F)CC3)nc2)CC1. The molecule has 2 aromatic rings. The lowest BCUT2D eigenvalue weighted by atomic mass is 10.0. The molecule has 0 aromatic carbocycles. The molecular weight excluding hydrogens is 436 g/mol. The van der Waals surface area contributed by atoms with Crippen LogP contribution in [0.1, 0.15) is 25.7 Å². The average Bonchev–Trinajstić information content (AvgIpc) is 2.77. The van der Waals surface area contributed by atoms with Crippen LogP contribution < -0.4 is 10.1 Å². The Labute approximate surface area is 192 Å². The normalized spacial score (nSPS) is 19.4. The van der Waals surface area contributed by atoms with Crippen LogP contribution in [0.15, 0.2) is 30.6 Å². The summed E-state index contributed by atoms with van der Waals surface area (Å²) in [4.78, 5) is 13.0. The molecule has 2 fully saturated rings. The van der Waals surface area contributed by atoms with Crippen molar-refractivity contribution in [3.05, 3.63) is 35.7 Å². The molecule has 0 saturated carbocycles. The van der Waals surface area contributed by atoms with Gasteiger partial charge in [-0.1, -0.05) is 11.6 Å². The number of piperidine rings is 2. The van der Waals surface area contributed by atoms with Crippen molar-refractivity contribution in [2.75, 3.05) is 45.1 Å². The molecule has 4 rings (SSSR count). The first-order valence-corrected chi connectivity index (χ1v) is 11.6. The second-order valence-corrected chi connectivity index (χ2v) is 9.05. The minimum Gasteiger partial charge on any atom is -0.489 e. The first kappa shape index (κ1) is 23.1. The second-order valence-electron chi connectivity index (χ2n) is 8.66. The summed E-state index contributed by atoms with van der Waals surface area (Å²) in [5, 5.41) is 3.93. The Morgan fingerprint density at radius 2 is 1.84 bits per heavy atom. The standard InChI is InChI=1S/C23H30ClF2N5O/c1-30-8-6-17(7-9-30)32-18-2-3-20(27-13-18)19-14-28-22(24)12-21(19)29-16-4-10-31(11-5-16)15-23(25)26/h2-3,12-14,16-17,23H,4-11,15H2,1H3,(H,28,29). The molecule has 2 aromatic heterocycles. The number of alkyl halides is 2. The van der Waals surface area contributed by atoms with Gasteiger partial charge >= 0.3 is 0 Å². The number of hydrogen-bond acceptors (Lipinski definition) is 6. The third kappa shape index (κ3) is 6.27. The summed E-state index contributed by atoms with van der Waals surface area (Å²) in [6.07, 6.45) is 5.04. The zero-order valence-electron chi connectivity index (χ0n) is 18.3. The van der Waals surface area contributed by atoms with Gasteiger partial charge in [0, 0.05) is 49.7 Å². The maximum absolute atomic E-state index is 12.6. The van der Waals surface area contributed by atoms with E-state index in [2.05, 4.69) is 27.2 Å². The average molecular weight is 466 g/mol.